The molecule has 0 saturated carbocycles. The third-order valence-electron chi connectivity index (χ3n) is 5.00. The van der Waals surface area contributed by atoms with Crippen molar-refractivity contribution in [2.45, 2.75) is 45.1 Å². The van der Waals surface area contributed by atoms with Gasteiger partial charge in [-0.3, -0.25) is 14.4 Å². The molecule has 8 nitrogen and oxygen atoms in total. The maximum atomic E-state index is 12.8. The van der Waals surface area contributed by atoms with Crippen molar-refractivity contribution >= 4 is 35.1 Å². The molecule has 0 saturated heterocycles. The van der Waals surface area contributed by atoms with Crippen LogP contribution in [0.1, 0.15) is 56.4 Å². The Kier molecular flexibility index (Phi) is 8.44. The fourth-order valence-corrected chi connectivity index (χ4v) is 3.50. The van der Waals surface area contributed by atoms with Gasteiger partial charge in [0.25, 0.3) is 5.91 Å². The Labute approximate surface area is 191 Å². The standard InChI is InChI=1S/C23H26ClN3O5/c1-16(28)25-12-4-2-3-7-23(30)32-15-22(29)27-20(21-6-5-13-31-21)14-19(26-27)17-8-10-18(24)11-9-17/h5-6,8-11,13,20H,2-4,7,12,14-15H2,1H3,(H,25,28). The van der Waals surface area contributed by atoms with Crippen LogP contribution in [0, 0.1) is 0 Å². The van der Waals surface area contributed by atoms with Crippen molar-refractivity contribution in [2.24, 2.45) is 5.10 Å². The molecule has 1 atom stereocenters. The van der Waals surface area contributed by atoms with Crippen LogP contribution >= 0.6 is 11.6 Å². The van der Waals surface area contributed by atoms with Gasteiger partial charge in [0.2, 0.25) is 5.91 Å². The van der Waals surface area contributed by atoms with E-state index in [9.17, 15) is 14.4 Å². The highest BCUT2D eigenvalue weighted by atomic mass is 35.5. The van der Waals surface area contributed by atoms with Crippen molar-refractivity contribution in [3.63, 3.8) is 0 Å². The molecule has 0 spiro atoms. The second-order valence-electron chi connectivity index (χ2n) is 7.48. The molecule has 1 aromatic carbocycles. The molecule has 3 rings (SSSR count). The van der Waals surface area contributed by atoms with E-state index in [0.717, 1.165) is 24.1 Å². The summed E-state index contributed by atoms with van der Waals surface area (Å²) in [5.74, 6) is -0.320. The molecule has 32 heavy (non-hydrogen) atoms. The number of halogens is 1. The first-order valence-corrected chi connectivity index (χ1v) is 10.9. The lowest BCUT2D eigenvalue weighted by atomic mass is 10.0. The number of hydrogen-bond acceptors (Lipinski definition) is 6. The molecule has 9 heteroatoms. The third kappa shape index (κ3) is 6.68. The second-order valence-corrected chi connectivity index (χ2v) is 7.92. The van der Waals surface area contributed by atoms with Gasteiger partial charge in [0, 0.05) is 31.3 Å². The first-order chi connectivity index (χ1) is 15.4. The number of nitrogens with zero attached hydrogens (tertiary/aromatic N) is 2. The minimum absolute atomic E-state index is 0.0698. The molecule has 1 unspecified atom stereocenters. The number of nitrogens with one attached hydrogen (secondary N) is 1. The quantitative estimate of drug-likeness (QED) is 0.429. The summed E-state index contributed by atoms with van der Waals surface area (Å²) >= 11 is 5.97. The summed E-state index contributed by atoms with van der Waals surface area (Å²) in [5.41, 5.74) is 1.58. The molecule has 1 N–H and O–H groups in total. The molecule has 0 aliphatic carbocycles. The van der Waals surface area contributed by atoms with Gasteiger partial charge in [-0.25, -0.2) is 5.01 Å². The third-order valence-corrected chi connectivity index (χ3v) is 5.26. The number of carbonyl (C=O) groups excluding carboxylic acids is 3. The maximum Gasteiger partial charge on any atom is 0.306 e. The summed E-state index contributed by atoms with van der Waals surface area (Å²) in [4.78, 5) is 35.6. The fraction of sp³-hybridized carbons (Fsp3) is 0.391. The van der Waals surface area contributed by atoms with E-state index in [1.165, 1.54) is 11.9 Å². The molecule has 1 aliphatic heterocycles. The Balaban J connectivity index is 1.53. The molecule has 2 heterocycles. The minimum Gasteiger partial charge on any atom is -0.467 e. The van der Waals surface area contributed by atoms with Crippen molar-refractivity contribution < 1.29 is 23.5 Å². The lowest BCUT2D eigenvalue weighted by molar-refractivity contribution is -0.153. The van der Waals surface area contributed by atoms with Crippen LogP contribution in [0.2, 0.25) is 5.02 Å². The van der Waals surface area contributed by atoms with Crippen LogP contribution in [0.15, 0.2) is 52.2 Å². The highest BCUT2D eigenvalue weighted by molar-refractivity contribution is 6.30. The number of amides is 2. The molecule has 0 radical (unpaired) electrons. The second kappa shape index (κ2) is 11.5. The lowest BCUT2D eigenvalue weighted by Gasteiger charge is -2.19. The number of benzene rings is 1. The van der Waals surface area contributed by atoms with Gasteiger partial charge in [0.05, 0.1) is 12.0 Å². The van der Waals surface area contributed by atoms with E-state index in [-0.39, 0.29) is 18.9 Å². The molecule has 2 amide bonds. The van der Waals surface area contributed by atoms with E-state index >= 15 is 0 Å². The molecular weight excluding hydrogens is 434 g/mol. The summed E-state index contributed by atoms with van der Waals surface area (Å²) in [6.45, 7) is 1.66. The Morgan fingerprint density at radius 2 is 1.97 bits per heavy atom. The summed E-state index contributed by atoms with van der Waals surface area (Å²) < 4.78 is 10.7. The number of hydrogen-bond donors (Lipinski definition) is 1. The van der Waals surface area contributed by atoms with Crippen molar-refractivity contribution in [1.29, 1.82) is 0 Å². The van der Waals surface area contributed by atoms with Crippen LogP contribution in [0.3, 0.4) is 0 Å². The zero-order valence-electron chi connectivity index (χ0n) is 17.9. The fourth-order valence-electron chi connectivity index (χ4n) is 3.38. The Morgan fingerprint density at radius 3 is 2.66 bits per heavy atom. The minimum atomic E-state index is -0.437. The highest BCUT2D eigenvalue weighted by Gasteiger charge is 2.35. The van der Waals surface area contributed by atoms with E-state index < -0.39 is 17.9 Å². The predicted molar refractivity (Wildman–Crippen MR) is 119 cm³/mol. The monoisotopic (exact) mass is 459 g/mol. The SMILES string of the molecule is CC(=O)NCCCCCC(=O)OCC(=O)N1N=C(c2ccc(Cl)cc2)CC1c1ccco1. The van der Waals surface area contributed by atoms with Crippen LogP contribution in [0.4, 0.5) is 0 Å². The molecule has 170 valence electrons. The van der Waals surface area contributed by atoms with Crippen LogP contribution < -0.4 is 5.32 Å². The summed E-state index contributed by atoms with van der Waals surface area (Å²) in [6.07, 6.45) is 4.43. The van der Waals surface area contributed by atoms with Crippen molar-refractivity contribution in [3.8, 4) is 0 Å². The highest BCUT2D eigenvalue weighted by Crippen LogP contribution is 2.33. The average Bonchev–Trinajstić information content (AvgIpc) is 3.44. The van der Waals surface area contributed by atoms with E-state index in [4.69, 9.17) is 20.8 Å². The maximum absolute atomic E-state index is 12.8. The normalized spacial score (nSPS) is 15.4. The Morgan fingerprint density at radius 1 is 1.19 bits per heavy atom. The Hall–Kier alpha value is -3.13. The van der Waals surface area contributed by atoms with Gasteiger partial charge < -0.3 is 14.5 Å². The lowest BCUT2D eigenvalue weighted by Crippen LogP contribution is -2.31. The van der Waals surface area contributed by atoms with E-state index in [2.05, 4.69) is 10.4 Å². The molecule has 2 aromatic rings. The first-order valence-electron chi connectivity index (χ1n) is 10.5. The topological polar surface area (TPSA) is 101 Å². The first kappa shape index (κ1) is 23.5. The van der Waals surface area contributed by atoms with Gasteiger partial charge >= 0.3 is 5.97 Å². The van der Waals surface area contributed by atoms with E-state index in [0.29, 0.717) is 30.2 Å². The zero-order chi connectivity index (χ0) is 22.9. The number of rotatable bonds is 10. The number of esters is 1. The summed E-state index contributed by atoms with van der Waals surface area (Å²) in [7, 11) is 0. The summed E-state index contributed by atoms with van der Waals surface area (Å²) in [6, 6.07) is 10.4. The number of hydrazone groups is 1. The van der Waals surface area contributed by atoms with Gasteiger partial charge in [-0.1, -0.05) is 30.2 Å². The average molecular weight is 460 g/mol. The van der Waals surface area contributed by atoms with Gasteiger partial charge in [-0.05, 0) is 42.7 Å². The van der Waals surface area contributed by atoms with Crippen LogP contribution in [0.5, 0.6) is 0 Å². The number of ether oxygens (including phenoxy) is 1. The van der Waals surface area contributed by atoms with Crippen LogP contribution in [-0.2, 0) is 19.1 Å². The molecule has 1 aliphatic rings. The summed E-state index contributed by atoms with van der Waals surface area (Å²) in [5, 5.41) is 9.13. The van der Waals surface area contributed by atoms with Gasteiger partial charge in [-0.15, -0.1) is 0 Å². The Bertz CT molecular complexity index is 957. The number of carbonyl (C=O) groups is 3. The zero-order valence-corrected chi connectivity index (χ0v) is 18.6. The molecule has 1 aromatic heterocycles. The molecular formula is C23H26ClN3O5. The van der Waals surface area contributed by atoms with Crippen molar-refractivity contribution in [1.82, 2.24) is 10.3 Å². The molecule has 0 fully saturated rings. The predicted octanol–water partition coefficient (Wildman–Crippen LogP) is 3.85. The smallest absolute Gasteiger partial charge is 0.306 e. The molecule has 0 bridgehead atoms. The van der Waals surface area contributed by atoms with Gasteiger partial charge in [0.1, 0.15) is 11.8 Å². The van der Waals surface area contributed by atoms with Crippen LogP contribution in [-0.4, -0.2) is 41.7 Å². The van der Waals surface area contributed by atoms with Crippen LogP contribution in [0.25, 0.3) is 0 Å². The van der Waals surface area contributed by atoms with E-state index in [1.54, 1.807) is 30.5 Å². The van der Waals surface area contributed by atoms with Gasteiger partial charge in [-0.2, -0.15) is 5.10 Å². The van der Waals surface area contributed by atoms with Crippen molar-refractivity contribution in [2.75, 3.05) is 13.2 Å². The number of unbranched alkanes of at least 4 members (excludes halogenated alkanes) is 2. The number of furan rings is 1. The largest absolute Gasteiger partial charge is 0.467 e. The van der Waals surface area contributed by atoms with E-state index in [1.807, 2.05) is 12.1 Å². The van der Waals surface area contributed by atoms with Crippen molar-refractivity contribution in [3.05, 3.63) is 59.0 Å². The van der Waals surface area contributed by atoms with Gasteiger partial charge in [0.15, 0.2) is 6.61 Å².